The molecule has 7 nitrogen and oxygen atoms in total. The highest BCUT2D eigenvalue weighted by molar-refractivity contribution is 7.98. The number of amides is 2. The summed E-state index contributed by atoms with van der Waals surface area (Å²) in [4.78, 5) is 39.4. The van der Waals surface area contributed by atoms with Crippen LogP contribution in [0.25, 0.3) is 11.1 Å². The van der Waals surface area contributed by atoms with Crippen LogP contribution in [0.2, 0.25) is 0 Å². The minimum Gasteiger partial charge on any atom is -0.479 e. The molecular weight excluding hydrogens is 452 g/mol. The number of rotatable bonds is 8. The Bertz CT molecular complexity index is 1080. The van der Waals surface area contributed by atoms with Crippen LogP contribution >= 0.6 is 11.8 Å². The summed E-state index contributed by atoms with van der Waals surface area (Å²) < 4.78 is 5.63. The molecule has 2 aliphatic heterocycles. The van der Waals surface area contributed by atoms with E-state index in [9.17, 15) is 19.5 Å². The number of thioether (sulfide) groups is 1. The van der Waals surface area contributed by atoms with Gasteiger partial charge in [-0.1, -0.05) is 48.5 Å². The Labute approximate surface area is 202 Å². The molecule has 0 radical (unpaired) electrons. The molecular formula is C26H28N2O5S. The second-order valence-corrected chi connectivity index (χ2v) is 10.3. The summed E-state index contributed by atoms with van der Waals surface area (Å²) in [7, 11) is 0. The van der Waals surface area contributed by atoms with Crippen LogP contribution in [0.5, 0.6) is 0 Å². The van der Waals surface area contributed by atoms with Crippen molar-refractivity contribution < 1.29 is 24.2 Å². The molecule has 2 N–H and O–H groups in total. The molecule has 8 heteroatoms. The second kappa shape index (κ2) is 8.98. The minimum absolute atomic E-state index is 0.0698. The first-order valence-electron chi connectivity index (χ1n) is 11.6. The Kier molecular flexibility index (Phi) is 6.02. The molecule has 1 atom stereocenters. The number of ether oxygens (including phenoxy) is 1. The van der Waals surface area contributed by atoms with Gasteiger partial charge in [-0.15, -0.1) is 0 Å². The number of carbonyl (C=O) groups is 3. The monoisotopic (exact) mass is 480 g/mol. The van der Waals surface area contributed by atoms with Crippen LogP contribution in [0.3, 0.4) is 0 Å². The molecule has 2 heterocycles. The molecule has 0 spiro atoms. The third-order valence-electron chi connectivity index (χ3n) is 7.42. The SMILES string of the molecule is CSCCC(NC(=O)OCC1c2ccccc2-c2ccccc21)C(=O)N1CC2CC1(C(=O)O)C2. The Morgan fingerprint density at radius 2 is 1.74 bits per heavy atom. The lowest BCUT2D eigenvalue weighted by molar-refractivity contribution is -0.159. The van der Waals surface area contributed by atoms with Gasteiger partial charge in [0, 0.05) is 12.5 Å². The van der Waals surface area contributed by atoms with Gasteiger partial charge in [0.25, 0.3) is 0 Å². The Hall–Kier alpha value is -3.00. The van der Waals surface area contributed by atoms with Gasteiger partial charge in [0.1, 0.15) is 18.2 Å². The zero-order valence-corrected chi connectivity index (χ0v) is 19.8. The summed E-state index contributed by atoms with van der Waals surface area (Å²) in [6.07, 6.45) is 2.68. The highest BCUT2D eigenvalue weighted by Gasteiger charge is 2.63. The van der Waals surface area contributed by atoms with Crippen molar-refractivity contribution in [3.63, 3.8) is 0 Å². The minimum atomic E-state index is -1.11. The van der Waals surface area contributed by atoms with Crippen LogP contribution < -0.4 is 5.32 Å². The van der Waals surface area contributed by atoms with Gasteiger partial charge in [0.05, 0.1) is 0 Å². The molecule has 1 unspecified atom stereocenters. The van der Waals surface area contributed by atoms with E-state index in [4.69, 9.17) is 4.74 Å². The predicted molar refractivity (Wildman–Crippen MR) is 130 cm³/mol. The number of nitrogens with one attached hydrogen (secondary N) is 1. The van der Waals surface area contributed by atoms with Crippen LogP contribution in [0.4, 0.5) is 4.79 Å². The second-order valence-electron chi connectivity index (χ2n) is 9.36. The number of fused-ring (bicyclic) bond motifs is 4. The number of benzene rings is 2. The maximum absolute atomic E-state index is 13.3. The number of aliphatic carboxylic acids is 1. The van der Waals surface area contributed by atoms with Crippen LogP contribution in [-0.4, -0.2) is 64.7 Å². The average molecular weight is 481 g/mol. The van der Waals surface area contributed by atoms with Crippen LogP contribution in [-0.2, 0) is 14.3 Å². The van der Waals surface area contributed by atoms with Crippen molar-refractivity contribution in [2.75, 3.05) is 25.2 Å². The maximum Gasteiger partial charge on any atom is 0.407 e. The topological polar surface area (TPSA) is 95.9 Å². The van der Waals surface area contributed by atoms with Gasteiger partial charge < -0.3 is 20.1 Å². The molecule has 4 aliphatic rings. The summed E-state index contributed by atoms with van der Waals surface area (Å²) in [6.45, 7) is 0.599. The maximum atomic E-state index is 13.3. The van der Waals surface area contributed by atoms with Crippen molar-refractivity contribution in [2.24, 2.45) is 5.92 Å². The van der Waals surface area contributed by atoms with E-state index in [1.54, 1.807) is 11.8 Å². The van der Waals surface area contributed by atoms with E-state index in [0.29, 0.717) is 31.6 Å². The van der Waals surface area contributed by atoms with Gasteiger partial charge in [-0.25, -0.2) is 9.59 Å². The van der Waals surface area contributed by atoms with E-state index in [1.165, 1.54) is 4.90 Å². The van der Waals surface area contributed by atoms with Gasteiger partial charge in [-0.3, -0.25) is 4.79 Å². The molecule has 34 heavy (non-hydrogen) atoms. The lowest BCUT2D eigenvalue weighted by atomic mass is 9.73. The quantitative estimate of drug-likeness (QED) is 0.598. The molecule has 1 saturated carbocycles. The lowest BCUT2D eigenvalue weighted by Crippen LogP contribution is -2.59. The van der Waals surface area contributed by atoms with Gasteiger partial charge >= 0.3 is 12.1 Å². The molecule has 2 aliphatic carbocycles. The first-order valence-corrected chi connectivity index (χ1v) is 13.0. The van der Waals surface area contributed by atoms with E-state index in [0.717, 1.165) is 22.3 Å². The number of carbonyl (C=O) groups excluding carboxylic acids is 2. The Morgan fingerprint density at radius 1 is 1.12 bits per heavy atom. The zero-order chi connectivity index (χ0) is 23.9. The molecule has 0 aromatic heterocycles. The summed E-state index contributed by atoms with van der Waals surface area (Å²) >= 11 is 1.57. The Morgan fingerprint density at radius 3 is 2.32 bits per heavy atom. The number of alkyl carbamates (subject to hydrolysis) is 1. The normalized spacial score (nSPS) is 23.0. The number of nitrogens with zero attached hydrogens (tertiary/aromatic N) is 1. The van der Waals surface area contributed by atoms with Gasteiger partial charge in [-0.05, 0) is 59.4 Å². The number of hydrogen-bond acceptors (Lipinski definition) is 5. The predicted octanol–water partition coefficient (Wildman–Crippen LogP) is 3.72. The van der Waals surface area contributed by atoms with Crippen molar-refractivity contribution in [1.29, 1.82) is 0 Å². The average Bonchev–Trinajstić information content (AvgIpc) is 3.48. The third-order valence-corrected chi connectivity index (χ3v) is 8.06. The van der Waals surface area contributed by atoms with E-state index < -0.39 is 23.6 Å². The van der Waals surface area contributed by atoms with Crippen LogP contribution in [0.15, 0.2) is 48.5 Å². The highest BCUT2D eigenvalue weighted by atomic mass is 32.2. The number of carboxylic acid groups (broad SMARTS) is 1. The summed E-state index contributed by atoms with van der Waals surface area (Å²) in [5.41, 5.74) is 3.42. The van der Waals surface area contributed by atoms with Gasteiger partial charge in [-0.2, -0.15) is 11.8 Å². The molecule has 6 rings (SSSR count). The third kappa shape index (κ3) is 3.74. The standard InChI is InChI=1S/C26H28N2O5S/c1-34-11-10-22(23(29)28-14-16-12-26(28,13-16)24(30)31)27-25(32)33-15-21-19-8-4-2-6-17(19)18-7-3-5-9-20(18)21/h2-9,16,21-22H,10-15H2,1H3,(H,27,32)(H,30,31). The number of hydrogen-bond donors (Lipinski definition) is 2. The molecule has 2 aromatic rings. The largest absolute Gasteiger partial charge is 0.479 e. The van der Waals surface area contributed by atoms with Crippen molar-refractivity contribution in [1.82, 2.24) is 10.2 Å². The van der Waals surface area contributed by atoms with Crippen LogP contribution in [0, 0.1) is 5.92 Å². The molecule has 3 fully saturated rings. The number of carboxylic acids is 1. The van der Waals surface area contributed by atoms with Crippen molar-refractivity contribution in [3.05, 3.63) is 59.7 Å². The highest BCUT2D eigenvalue weighted by Crippen LogP contribution is 2.51. The Balaban J connectivity index is 1.27. The lowest BCUT2D eigenvalue weighted by Gasteiger charge is -2.39. The fourth-order valence-electron chi connectivity index (χ4n) is 5.73. The van der Waals surface area contributed by atoms with E-state index in [1.807, 2.05) is 30.5 Å². The first kappa shape index (κ1) is 22.8. The van der Waals surface area contributed by atoms with E-state index in [2.05, 4.69) is 29.6 Å². The molecule has 2 amide bonds. The van der Waals surface area contributed by atoms with E-state index in [-0.39, 0.29) is 24.3 Å². The van der Waals surface area contributed by atoms with Crippen molar-refractivity contribution >= 4 is 29.7 Å². The fraction of sp³-hybridized carbons (Fsp3) is 0.423. The molecule has 178 valence electrons. The summed E-state index contributed by atoms with van der Waals surface area (Å²) in [6, 6.07) is 15.4. The van der Waals surface area contributed by atoms with Crippen LogP contribution in [0.1, 0.15) is 36.3 Å². The summed E-state index contributed by atoms with van der Waals surface area (Å²) in [5.74, 6) is -0.461. The zero-order valence-electron chi connectivity index (χ0n) is 19.0. The fourth-order valence-corrected chi connectivity index (χ4v) is 6.20. The molecule has 2 saturated heterocycles. The van der Waals surface area contributed by atoms with Gasteiger partial charge in [0.15, 0.2) is 0 Å². The van der Waals surface area contributed by atoms with Crippen molar-refractivity contribution in [3.8, 4) is 11.1 Å². The van der Waals surface area contributed by atoms with Crippen molar-refractivity contribution in [2.45, 2.75) is 36.8 Å². The summed E-state index contributed by atoms with van der Waals surface area (Å²) in [5, 5.41) is 12.5. The first-order chi connectivity index (χ1) is 16.4. The van der Waals surface area contributed by atoms with Gasteiger partial charge in [0.2, 0.25) is 5.91 Å². The van der Waals surface area contributed by atoms with E-state index >= 15 is 0 Å². The molecule has 2 aromatic carbocycles. The molecule has 2 bridgehead atoms. The smallest absolute Gasteiger partial charge is 0.407 e.